The van der Waals surface area contributed by atoms with Crippen molar-refractivity contribution in [2.24, 2.45) is 0 Å². The van der Waals surface area contributed by atoms with Crippen LogP contribution in [0.25, 0.3) is 0 Å². The van der Waals surface area contributed by atoms with Gasteiger partial charge in [-0.15, -0.1) is 0 Å². The van der Waals surface area contributed by atoms with E-state index in [0.29, 0.717) is 13.2 Å². The number of hydrogen-bond donors (Lipinski definition) is 1. The standard InChI is InChI=1S/C27H28O4/c28-18-26-27(31-19-22-11-5-2-6-12-22)25(15-16-29-26)30-20-24-14-8-7-13-23(24)17-21-9-3-1-4-10-21/h1-16,25-28H,17-20H2/t25-,26-,27-/m1/s1. The minimum atomic E-state index is -0.460. The van der Waals surface area contributed by atoms with Gasteiger partial charge in [0.05, 0.1) is 26.1 Å². The van der Waals surface area contributed by atoms with Crippen molar-refractivity contribution < 1.29 is 19.3 Å². The number of benzene rings is 3. The van der Waals surface area contributed by atoms with E-state index in [4.69, 9.17) is 14.2 Å². The first-order valence-electron chi connectivity index (χ1n) is 10.6. The van der Waals surface area contributed by atoms with Gasteiger partial charge < -0.3 is 19.3 Å². The lowest BCUT2D eigenvalue weighted by molar-refractivity contribution is -0.140. The predicted octanol–water partition coefficient (Wildman–Crippen LogP) is 4.65. The zero-order valence-corrected chi connectivity index (χ0v) is 17.5. The number of hydrogen-bond acceptors (Lipinski definition) is 4. The van der Waals surface area contributed by atoms with Gasteiger partial charge >= 0.3 is 0 Å². The van der Waals surface area contributed by atoms with E-state index in [1.807, 2.05) is 48.5 Å². The Hall–Kier alpha value is -2.92. The van der Waals surface area contributed by atoms with Crippen molar-refractivity contribution in [2.75, 3.05) is 6.61 Å². The van der Waals surface area contributed by atoms with Gasteiger partial charge in [0.25, 0.3) is 0 Å². The normalized spacial score (nSPS) is 20.4. The number of aliphatic hydroxyl groups excluding tert-OH is 1. The van der Waals surface area contributed by atoms with E-state index >= 15 is 0 Å². The van der Waals surface area contributed by atoms with Crippen molar-refractivity contribution in [3.63, 3.8) is 0 Å². The Morgan fingerprint density at radius 1 is 0.710 bits per heavy atom. The fraction of sp³-hybridized carbons (Fsp3) is 0.259. The minimum absolute atomic E-state index is 0.131. The van der Waals surface area contributed by atoms with Crippen molar-refractivity contribution in [3.8, 4) is 0 Å². The third-order valence-corrected chi connectivity index (χ3v) is 5.46. The summed E-state index contributed by atoms with van der Waals surface area (Å²) in [5.41, 5.74) is 4.73. The Balaban J connectivity index is 1.43. The van der Waals surface area contributed by atoms with E-state index in [1.165, 1.54) is 11.1 Å². The molecular weight excluding hydrogens is 388 g/mol. The Morgan fingerprint density at radius 2 is 1.35 bits per heavy atom. The summed E-state index contributed by atoms with van der Waals surface area (Å²) in [4.78, 5) is 0. The van der Waals surface area contributed by atoms with Crippen LogP contribution in [0, 0.1) is 0 Å². The highest BCUT2D eigenvalue weighted by molar-refractivity contribution is 5.32. The monoisotopic (exact) mass is 416 g/mol. The van der Waals surface area contributed by atoms with Crippen LogP contribution >= 0.6 is 0 Å². The van der Waals surface area contributed by atoms with Gasteiger partial charge in [-0.25, -0.2) is 0 Å². The van der Waals surface area contributed by atoms with Crippen LogP contribution in [-0.4, -0.2) is 30.0 Å². The molecule has 4 nitrogen and oxygen atoms in total. The second-order valence-electron chi connectivity index (χ2n) is 7.65. The molecular formula is C27H28O4. The van der Waals surface area contributed by atoms with E-state index in [2.05, 4.69) is 42.5 Å². The van der Waals surface area contributed by atoms with Gasteiger partial charge in [-0.1, -0.05) is 84.9 Å². The molecule has 3 aromatic carbocycles. The summed E-state index contributed by atoms with van der Waals surface area (Å²) < 4.78 is 18.0. The molecule has 1 heterocycles. The van der Waals surface area contributed by atoms with Gasteiger partial charge in [0, 0.05) is 0 Å². The molecule has 0 bridgehead atoms. The molecule has 160 valence electrons. The maximum absolute atomic E-state index is 9.78. The van der Waals surface area contributed by atoms with Crippen molar-refractivity contribution in [3.05, 3.63) is 120 Å². The molecule has 0 aliphatic carbocycles. The first-order valence-corrected chi connectivity index (χ1v) is 10.6. The average molecular weight is 417 g/mol. The van der Waals surface area contributed by atoms with Gasteiger partial charge in [0.1, 0.15) is 18.3 Å². The van der Waals surface area contributed by atoms with Gasteiger partial charge in [-0.05, 0) is 34.8 Å². The number of ether oxygens (including phenoxy) is 3. The van der Waals surface area contributed by atoms with Crippen molar-refractivity contribution in [1.29, 1.82) is 0 Å². The molecule has 0 radical (unpaired) electrons. The highest BCUT2D eigenvalue weighted by atomic mass is 16.6. The molecule has 31 heavy (non-hydrogen) atoms. The quantitative estimate of drug-likeness (QED) is 0.552. The van der Waals surface area contributed by atoms with Crippen LogP contribution in [0.1, 0.15) is 22.3 Å². The van der Waals surface area contributed by atoms with Gasteiger partial charge in [-0.3, -0.25) is 0 Å². The van der Waals surface area contributed by atoms with Crippen LogP contribution < -0.4 is 0 Å². The second kappa shape index (κ2) is 10.9. The Morgan fingerprint density at radius 3 is 2.06 bits per heavy atom. The summed E-state index contributed by atoms with van der Waals surface area (Å²) in [5, 5.41) is 9.78. The predicted molar refractivity (Wildman–Crippen MR) is 120 cm³/mol. The second-order valence-corrected chi connectivity index (χ2v) is 7.65. The zero-order valence-electron chi connectivity index (χ0n) is 17.5. The number of rotatable bonds is 9. The van der Waals surface area contributed by atoms with Crippen LogP contribution in [0.4, 0.5) is 0 Å². The minimum Gasteiger partial charge on any atom is -0.493 e. The molecule has 3 aromatic rings. The highest BCUT2D eigenvalue weighted by Gasteiger charge is 2.33. The lowest BCUT2D eigenvalue weighted by Crippen LogP contribution is -2.45. The van der Waals surface area contributed by atoms with Gasteiger partial charge in [0.15, 0.2) is 0 Å². The molecule has 0 unspecified atom stereocenters. The van der Waals surface area contributed by atoms with E-state index in [9.17, 15) is 5.11 Å². The molecule has 1 N–H and O–H groups in total. The van der Waals surface area contributed by atoms with Crippen molar-refractivity contribution in [1.82, 2.24) is 0 Å². The average Bonchev–Trinajstić information content (AvgIpc) is 2.83. The first kappa shape index (κ1) is 21.3. The molecule has 1 aliphatic heterocycles. The van der Waals surface area contributed by atoms with Crippen LogP contribution in [0.5, 0.6) is 0 Å². The Bertz CT molecular complexity index is 955. The molecule has 0 fully saturated rings. The SMILES string of the molecule is OC[C@H]1OC=C[C@@H](OCc2ccccc2Cc2ccccc2)[C@H]1OCc1ccccc1. The fourth-order valence-corrected chi connectivity index (χ4v) is 3.76. The van der Waals surface area contributed by atoms with Crippen molar-refractivity contribution >= 4 is 0 Å². The van der Waals surface area contributed by atoms with Crippen LogP contribution in [0.3, 0.4) is 0 Å². The fourth-order valence-electron chi connectivity index (χ4n) is 3.76. The molecule has 0 saturated carbocycles. The van der Waals surface area contributed by atoms with Crippen LogP contribution in [0.15, 0.2) is 97.3 Å². The molecule has 4 rings (SSSR count). The van der Waals surface area contributed by atoms with Gasteiger partial charge in [-0.2, -0.15) is 0 Å². The molecule has 1 aliphatic rings. The summed E-state index contributed by atoms with van der Waals surface area (Å²) in [6.45, 7) is 0.763. The maximum atomic E-state index is 9.78. The lowest BCUT2D eigenvalue weighted by atomic mass is 10.00. The lowest BCUT2D eigenvalue weighted by Gasteiger charge is -2.34. The maximum Gasteiger partial charge on any atom is 0.150 e. The molecule has 0 amide bonds. The van der Waals surface area contributed by atoms with Crippen LogP contribution in [0.2, 0.25) is 0 Å². The van der Waals surface area contributed by atoms with E-state index < -0.39 is 12.2 Å². The zero-order chi connectivity index (χ0) is 21.3. The Kier molecular flexibility index (Phi) is 7.51. The molecule has 4 heteroatoms. The summed E-state index contributed by atoms with van der Waals surface area (Å²) in [6.07, 6.45) is 3.16. The topological polar surface area (TPSA) is 47.9 Å². The van der Waals surface area contributed by atoms with E-state index in [0.717, 1.165) is 17.5 Å². The summed E-state index contributed by atoms with van der Waals surface area (Å²) >= 11 is 0. The summed E-state index contributed by atoms with van der Waals surface area (Å²) in [5.74, 6) is 0. The largest absolute Gasteiger partial charge is 0.493 e. The molecule has 0 spiro atoms. The third-order valence-electron chi connectivity index (χ3n) is 5.46. The number of aliphatic hydroxyl groups is 1. The third kappa shape index (κ3) is 5.82. The van der Waals surface area contributed by atoms with Crippen molar-refractivity contribution in [2.45, 2.75) is 37.9 Å². The first-order chi connectivity index (χ1) is 15.3. The van der Waals surface area contributed by atoms with Crippen LogP contribution in [-0.2, 0) is 33.8 Å². The molecule has 3 atom stereocenters. The van der Waals surface area contributed by atoms with Gasteiger partial charge in [0.2, 0.25) is 0 Å². The summed E-state index contributed by atoms with van der Waals surface area (Å²) in [6, 6.07) is 28.7. The van der Waals surface area contributed by atoms with E-state index in [-0.39, 0.29) is 12.7 Å². The molecule has 0 aromatic heterocycles. The smallest absolute Gasteiger partial charge is 0.150 e. The summed E-state index contributed by atoms with van der Waals surface area (Å²) in [7, 11) is 0. The van der Waals surface area contributed by atoms with E-state index in [1.54, 1.807) is 6.26 Å². The highest BCUT2D eigenvalue weighted by Crippen LogP contribution is 2.23. The Labute approximate surface area is 183 Å². The molecule has 0 saturated heterocycles.